The number of carbonyl (C=O) groups excluding carboxylic acids is 2. The molecule has 29 heavy (non-hydrogen) atoms. The first-order chi connectivity index (χ1) is 13.9. The molecule has 3 heterocycles. The molecule has 3 fully saturated rings. The molecule has 4 atom stereocenters. The number of methoxy groups -OCH3 is 2. The predicted molar refractivity (Wildman–Crippen MR) is 110 cm³/mol. The Labute approximate surface area is 172 Å². The molecule has 0 radical (unpaired) electrons. The van der Waals surface area contributed by atoms with Crippen LogP contribution in [0.4, 0.5) is 5.69 Å². The Morgan fingerprint density at radius 3 is 2.66 bits per heavy atom. The fourth-order valence-corrected chi connectivity index (χ4v) is 7.36. The molecular formula is C23H30N2O4. The number of hydrogen-bond donors (Lipinski definition) is 0. The number of piperidine rings is 1. The second-order valence-electron chi connectivity index (χ2n) is 9.18. The average Bonchev–Trinajstić information content (AvgIpc) is 3.25. The largest absolute Gasteiger partial charge is 0.493 e. The summed E-state index contributed by atoms with van der Waals surface area (Å²) in [5.74, 6) is 1.26. The maximum atomic E-state index is 13.7. The highest BCUT2D eigenvalue weighted by Gasteiger charge is 2.71. The van der Waals surface area contributed by atoms with Gasteiger partial charge in [-0.2, -0.15) is 0 Å². The van der Waals surface area contributed by atoms with Crippen LogP contribution in [-0.2, 0) is 15.0 Å². The third kappa shape index (κ3) is 2.11. The highest BCUT2D eigenvalue weighted by molar-refractivity contribution is 6.07. The van der Waals surface area contributed by atoms with Crippen LogP contribution in [0.25, 0.3) is 0 Å². The first-order valence-corrected chi connectivity index (χ1v) is 10.8. The van der Waals surface area contributed by atoms with E-state index in [-0.39, 0.29) is 28.6 Å². The van der Waals surface area contributed by atoms with Gasteiger partial charge in [0.1, 0.15) is 6.04 Å². The number of anilines is 1. The van der Waals surface area contributed by atoms with Gasteiger partial charge in [-0.05, 0) is 55.8 Å². The van der Waals surface area contributed by atoms with Crippen LogP contribution in [0.3, 0.4) is 0 Å². The highest BCUT2D eigenvalue weighted by Crippen LogP contribution is 2.66. The number of ketones is 1. The summed E-state index contributed by atoms with van der Waals surface area (Å²) in [4.78, 5) is 31.0. The van der Waals surface area contributed by atoms with E-state index in [1.807, 2.05) is 6.07 Å². The Morgan fingerprint density at radius 2 is 2.00 bits per heavy atom. The summed E-state index contributed by atoms with van der Waals surface area (Å²) < 4.78 is 11.3. The second-order valence-corrected chi connectivity index (χ2v) is 9.18. The molecule has 1 amide bonds. The van der Waals surface area contributed by atoms with Crippen molar-refractivity contribution >= 4 is 17.4 Å². The molecule has 6 heteroatoms. The van der Waals surface area contributed by atoms with Gasteiger partial charge in [0, 0.05) is 24.8 Å². The average molecular weight is 399 g/mol. The molecule has 2 saturated heterocycles. The summed E-state index contributed by atoms with van der Waals surface area (Å²) in [6, 6.07) is 3.87. The van der Waals surface area contributed by atoms with E-state index in [4.69, 9.17) is 9.47 Å². The summed E-state index contributed by atoms with van der Waals surface area (Å²) in [7, 11) is 3.21. The molecule has 1 aromatic carbocycles. The molecule has 1 aliphatic carbocycles. The molecule has 1 aromatic rings. The number of rotatable bonds is 3. The SMILES string of the molecule is CC[C@@]12CCCN3CC[C@]4(c5ccc(OC)c(OC)c5N(C(C)=O)[C@@H]4C(=O)C1)[C@H]32. The normalized spacial score (nSPS) is 35.2. The highest BCUT2D eigenvalue weighted by atomic mass is 16.5. The van der Waals surface area contributed by atoms with Gasteiger partial charge in [-0.3, -0.25) is 19.4 Å². The zero-order valence-corrected chi connectivity index (χ0v) is 17.8. The van der Waals surface area contributed by atoms with Gasteiger partial charge in [-0.1, -0.05) is 13.0 Å². The van der Waals surface area contributed by atoms with Gasteiger partial charge in [0.25, 0.3) is 0 Å². The number of Topliss-reactive ketones (excluding diaryl/α,β-unsaturated/α-hetero) is 1. The fraction of sp³-hybridized carbons (Fsp3) is 0.652. The first kappa shape index (κ1) is 18.9. The molecule has 156 valence electrons. The van der Waals surface area contributed by atoms with Crippen molar-refractivity contribution in [2.45, 2.75) is 63.5 Å². The molecule has 5 rings (SSSR count). The first-order valence-electron chi connectivity index (χ1n) is 10.8. The van der Waals surface area contributed by atoms with Gasteiger partial charge in [-0.25, -0.2) is 0 Å². The van der Waals surface area contributed by atoms with Crippen LogP contribution in [0.2, 0.25) is 0 Å². The molecule has 1 saturated carbocycles. The van der Waals surface area contributed by atoms with Crippen LogP contribution in [-0.4, -0.2) is 56.0 Å². The summed E-state index contributed by atoms with van der Waals surface area (Å²) >= 11 is 0. The van der Waals surface area contributed by atoms with Gasteiger partial charge >= 0.3 is 0 Å². The van der Waals surface area contributed by atoms with Gasteiger partial charge in [0.15, 0.2) is 17.3 Å². The van der Waals surface area contributed by atoms with Gasteiger partial charge in [0.05, 0.1) is 19.9 Å². The van der Waals surface area contributed by atoms with E-state index in [9.17, 15) is 9.59 Å². The van der Waals surface area contributed by atoms with Crippen molar-refractivity contribution in [3.05, 3.63) is 17.7 Å². The number of fused-ring (bicyclic) bond motifs is 1. The lowest BCUT2D eigenvalue weighted by Crippen LogP contribution is -2.68. The van der Waals surface area contributed by atoms with Gasteiger partial charge < -0.3 is 9.47 Å². The molecule has 1 spiro atoms. The molecular weight excluding hydrogens is 368 g/mol. The fourth-order valence-electron chi connectivity index (χ4n) is 7.36. The molecule has 6 nitrogen and oxygen atoms in total. The summed E-state index contributed by atoms with van der Waals surface area (Å²) in [6.07, 6.45) is 4.70. The minimum Gasteiger partial charge on any atom is -0.493 e. The van der Waals surface area contributed by atoms with Crippen molar-refractivity contribution in [2.75, 3.05) is 32.2 Å². The van der Waals surface area contributed by atoms with E-state index < -0.39 is 6.04 Å². The quantitative estimate of drug-likeness (QED) is 0.784. The minimum absolute atomic E-state index is 0.000431. The lowest BCUT2D eigenvalue weighted by molar-refractivity contribution is -0.137. The Hall–Kier alpha value is -2.08. The van der Waals surface area contributed by atoms with Crippen molar-refractivity contribution in [2.24, 2.45) is 5.41 Å². The number of nitrogens with zero attached hydrogens (tertiary/aromatic N) is 2. The maximum Gasteiger partial charge on any atom is 0.224 e. The summed E-state index contributed by atoms with van der Waals surface area (Å²) in [6.45, 7) is 5.86. The summed E-state index contributed by atoms with van der Waals surface area (Å²) in [5, 5.41) is 0. The molecule has 0 N–H and O–H groups in total. The predicted octanol–water partition coefficient (Wildman–Crippen LogP) is 2.91. The number of amides is 1. The Bertz CT molecular complexity index is 899. The van der Waals surface area contributed by atoms with Crippen molar-refractivity contribution in [3.63, 3.8) is 0 Å². The maximum absolute atomic E-state index is 13.7. The molecule has 4 aliphatic rings. The zero-order valence-electron chi connectivity index (χ0n) is 17.8. The van der Waals surface area contributed by atoms with Gasteiger partial charge in [0.2, 0.25) is 5.91 Å². The monoisotopic (exact) mass is 398 g/mol. The standard InChI is InChI=1S/C23H30N2O4/c1-5-22-9-6-11-24-12-10-23(21(22)24)15-7-8-17(28-3)19(29-4)18(15)25(14(2)26)20(23)16(27)13-22/h7-8,20-21H,5-6,9-13H2,1-4H3/t20-,21-,22-,23-/m1/s1. The van der Waals surface area contributed by atoms with Crippen LogP contribution in [0.1, 0.15) is 51.5 Å². The number of ether oxygens (including phenoxy) is 2. The molecule has 3 aliphatic heterocycles. The van der Waals surface area contributed by atoms with Crippen molar-refractivity contribution in [1.82, 2.24) is 4.90 Å². The third-order valence-corrected chi connectivity index (χ3v) is 8.25. The van der Waals surface area contributed by atoms with Crippen LogP contribution >= 0.6 is 0 Å². The van der Waals surface area contributed by atoms with Crippen molar-refractivity contribution < 1.29 is 19.1 Å². The smallest absolute Gasteiger partial charge is 0.224 e. The Kier molecular flexibility index (Phi) is 4.05. The van der Waals surface area contributed by atoms with E-state index in [0.717, 1.165) is 50.0 Å². The number of benzene rings is 1. The van der Waals surface area contributed by atoms with Crippen molar-refractivity contribution in [3.8, 4) is 11.5 Å². The number of hydrogen-bond acceptors (Lipinski definition) is 5. The zero-order chi connectivity index (χ0) is 20.6. The molecule has 0 unspecified atom stereocenters. The van der Waals surface area contributed by atoms with Gasteiger partial charge in [-0.15, -0.1) is 0 Å². The topological polar surface area (TPSA) is 59.1 Å². The Morgan fingerprint density at radius 1 is 1.21 bits per heavy atom. The second kappa shape index (κ2) is 6.21. The van der Waals surface area contributed by atoms with E-state index in [2.05, 4.69) is 17.9 Å². The van der Waals surface area contributed by atoms with Crippen LogP contribution < -0.4 is 14.4 Å². The molecule has 0 aromatic heterocycles. The lowest BCUT2D eigenvalue weighted by Gasteiger charge is -2.57. The van der Waals surface area contributed by atoms with Crippen molar-refractivity contribution in [1.29, 1.82) is 0 Å². The summed E-state index contributed by atoms with van der Waals surface area (Å²) in [5.41, 5.74) is 1.49. The molecule has 0 bridgehead atoms. The number of carbonyl (C=O) groups is 2. The van der Waals surface area contributed by atoms with E-state index in [1.54, 1.807) is 26.0 Å². The third-order valence-electron chi connectivity index (χ3n) is 8.25. The van der Waals surface area contributed by atoms with E-state index in [1.165, 1.54) is 0 Å². The van der Waals surface area contributed by atoms with Crippen LogP contribution in [0, 0.1) is 5.41 Å². The van der Waals surface area contributed by atoms with Crippen LogP contribution in [0.15, 0.2) is 12.1 Å². The Balaban J connectivity index is 1.83. The lowest BCUT2D eigenvalue weighted by atomic mass is 9.52. The minimum atomic E-state index is -0.441. The van der Waals surface area contributed by atoms with E-state index in [0.29, 0.717) is 17.9 Å². The van der Waals surface area contributed by atoms with E-state index >= 15 is 0 Å². The van der Waals surface area contributed by atoms with Crippen LogP contribution in [0.5, 0.6) is 11.5 Å².